The van der Waals surface area contributed by atoms with Gasteiger partial charge in [-0.3, -0.25) is 9.59 Å². The number of H-pyrrole nitrogens is 2. The number of alkyl carbamates (subject to hydrolysis) is 2. The molecule has 2 saturated heterocycles. The number of aryl methyl sites for hydroxylation is 2. The number of methoxy groups -OCH3 is 2. The average molecular weight is 643 g/mol. The second-order valence-electron chi connectivity index (χ2n) is 12.9. The summed E-state index contributed by atoms with van der Waals surface area (Å²) in [4.78, 5) is 70.2. The molecule has 0 aromatic carbocycles. The van der Waals surface area contributed by atoms with Crippen LogP contribution in [0.1, 0.15) is 101 Å². The number of nitrogens with zero attached hydrogens (tertiary/aromatic N) is 4. The summed E-state index contributed by atoms with van der Waals surface area (Å²) in [5, 5.41) is 5.37. The van der Waals surface area contributed by atoms with Crippen molar-refractivity contribution in [1.29, 1.82) is 0 Å². The zero-order valence-electron chi connectivity index (χ0n) is 27.9. The molecule has 4 heterocycles. The molecule has 2 aromatic heterocycles. The Morgan fingerprint density at radius 2 is 1.15 bits per heavy atom. The molecule has 0 spiro atoms. The second-order valence-corrected chi connectivity index (χ2v) is 12.9. The lowest BCUT2D eigenvalue weighted by molar-refractivity contribution is -0.136. The molecule has 0 saturated carbocycles. The van der Waals surface area contributed by atoms with Crippen LogP contribution in [0.25, 0.3) is 0 Å². The molecule has 4 N–H and O–H groups in total. The fourth-order valence-electron chi connectivity index (χ4n) is 6.36. The van der Waals surface area contributed by atoms with Gasteiger partial charge in [0, 0.05) is 36.9 Å². The van der Waals surface area contributed by atoms with E-state index >= 15 is 0 Å². The molecule has 46 heavy (non-hydrogen) atoms. The molecule has 2 aliphatic heterocycles. The predicted molar refractivity (Wildman–Crippen MR) is 170 cm³/mol. The fourth-order valence-corrected chi connectivity index (χ4v) is 6.36. The number of rotatable bonds is 13. The first-order chi connectivity index (χ1) is 22.0. The number of hydrogen-bond acceptors (Lipinski definition) is 8. The summed E-state index contributed by atoms with van der Waals surface area (Å²) in [7, 11) is 2.58. The summed E-state index contributed by atoms with van der Waals surface area (Å²) in [5.74, 6) is 1.13. The average Bonchev–Trinajstić information content (AvgIpc) is 3.86. The lowest BCUT2D eigenvalue weighted by atomic mass is 10.0. The Hall–Kier alpha value is -4.10. The van der Waals surface area contributed by atoms with Gasteiger partial charge in [0.2, 0.25) is 11.8 Å². The Morgan fingerprint density at radius 1 is 0.761 bits per heavy atom. The zero-order valence-corrected chi connectivity index (χ0v) is 27.9. The van der Waals surface area contributed by atoms with E-state index in [2.05, 4.69) is 30.6 Å². The third-order valence-corrected chi connectivity index (χ3v) is 8.92. The molecule has 4 rings (SSSR count). The third-order valence-electron chi connectivity index (χ3n) is 8.92. The number of carbonyl (C=O) groups excluding carboxylic acids is 4. The highest BCUT2D eigenvalue weighted by molar-refractivity contribution is 5.87. The molecule has 4 atom stereocenters. The minimum absolute atomic E-state index is 0.0851. The predicted octanol–water partition coefficient (Wildman–Crippen LogP) is 3.79. The van der Waals surface area contributed by atoms with Crippen LogP contribution in [0.2, 0.25) is 0 Å². The Bertz CT molecular complexity index is 1240. The van der Waals surface area contributed by atoms with Gasteiger partial charge in [0.15, 0.2) is 0 Å². The van der Waals surface area contributed by atoms with Crippen LogP contribution in [0.5, 0.6) is 0 Å². The highest BCUT2D eigenvalue weighted by Crippen LogP contribution is 2.33. The molecule has 4 amide bonds. The van der Waals surface area contributed by atoms with Gasteiger partial charge in [-0.15, -0.1) is 0 Å². The lowest BCUT2D eigenvalue weighted by Gasteiger charge is -2.30. The first kappa shape index (κ1) is 34.8. The van der Waals surface area contributed by atoms with E-state index < -0.39 is 24.3 Å². The number of nitrogens with one attached hydrogen (secondary N) is 4. The molecule has 0 unspecified atom stereocenters. The molecule has 2 aromatic rings. The zero-order chi connectivity index (χ0) is 33.4. The van der Waals surface area contributed by atoms with Crippen molar-refractivity contribution in [1.82, 2.24) is 40.4 Å². The largest absolute Gasteiger partial charge is 0.453 e. The molecule has 2 aliphatic rings. The standard InChI is InChI=1S/C32H50N8O6/c1-19(2)25(37-31(43)45-5)29(41)39-15-9-13-23(39)27-33-17-21(35-27)11-7-8-12-22-18-34-28(36-22)24-14-10-16-40(24)30(42)26(20(3)4)38-32(44)46-6/h17-20,23-26H,7-16H2,1-6H3,(H,33,35)(H,34,36)(H,37,43)(H,38,44)/t23-,24-,25-,26-/m0/s1. The first-order valence-electron chi connectivity index (χ1n) is 16.4. The van der Waals surface area contributed by atoms with Crippen molar-refractivity contribution >= 4 is 24.0 Å². The monoisotopic (exact) mass is 642 g/mol. The van der Waals surface area contributed by atoms with Crippen LogP contribution >= 0.6 is 0 Å². The van der Waals surface area contributed by atoms with Crippen LogP contribution in [0, 0.1) is 11.8 Å². The number of aromatic nitrogens is 4. The molecule has 0 bridgehead atoms. The Kier molecular flexibility index (Phi) is 12.1. The summed E-state index contributed by atoms with van der Waals surface area (Å²) in [6, 6.07) is -1.63. The smallest absolute Gasteiger partial charge is 0.407 e. The molecule has 0 radical (unpaired) electrons. The van der Waals surface area contributed by atoms with E-state index in [0.29, 0.717) is 13.1 Å². The van der Waals surface area contributed by atoms with Crippen molar-refractivity contribution in [2.75, 3.05) is 27.3 Å². The number of unbranched alkanes of at least 4 members (excludes halogenated alkanes) is 1. The van der Waals surface area contributed by atoms with Gasteiger partial charge in [-0.05, 0) is 63.2 Å². The summed E-state index contributed by atoms with van der Waals surface area (Å²) in [6.07, 6.45) is 9.35. The van der Waals surface area contributed by atoms with Crippen molar-refractivity contribution in [3.8, 4) is 0 Å². The van der Waals surface area contributed by atoms with E-state index in [4.69, 9.17) is 9.47 Å². The van der Waals surface area contributed by atoms with E-state index in [1.54, 1.807) is 0 Å². The molecule has 14 heteroatoms. The van der Waals surface area contributed by atoms with Gasteiger partial charge in [0.05, 0.1) is 26.3 Å². The van der Waals surface area contributed by atoms with Gasteiger partial charge >= 0.3 is 12.2 Å². The molecule has 0 aliphatic carbocycles. The summed E-state index contributed by atoms with van der Waals surface area (Å²) >= 11 is 0. The van der Waals surface area contributed by atoms with Gasteiger partial charge in [-0.25, -0.2) is 19.6 Å². The topological polar surface area (TPSA) is 175 Å². The fraction of sp³-hybridized carbons (Fsp3) is 0.688. The quantitative estimate of drug-likeness (QED) is 0.239. The van der Waals surface area contributed by atoms with Gasteiger partial charge in [0.25, 0.3) is 0 Å². The molecule has 2 fully saturated rings. The van der Waals surface area contributed by atoms with Crippen LogP contribution in [0.3, 0.4) is 0 Å². The van der Waals surface area contributed by atoms with Gasteiger partial charge in [0.1, 0.15) is 23.7 Å². The maximum absolute atomic E-state index is 13.4. The Balaban J connectivity index is 1.28. The van der Waals surface area contributed by atoms with Crippen LogP contribution < -0.4 is 10.6 Å². The van der Waals surface area contributed by atoms with Gasteiger partial charge in [-0.2, -0.15) is 0 Å². The minimum Gasteiger partial charge on any atom is -0.453 e. The molecule has 14 nitrogen and oxygen atoms in total. The Morgan fingerprint density at radius 3 is 1.50 bits per heavy atom. The first-order valence-corrected chi connectivity index (χ1v) is 16.4. The number of ether oxygens (including phenoxy) is 2. The number of hydrogen-bond donors (Lipinski definition) is 4. The van der Waals surface area contributed by atoms with E-state index in [9.17, 15) is 19.2 Å². The van der Waals surface area contributed by atoms with Crippen molar-refractivity contribution in [3.63, 3.8) is 0 Å². The SMILES string of the molecule is COC(=O)N[C@H](C(=O)N1CCC[C@H]1c1ncc(CCCCc2cnc([C@@H]3CCCN3C(=O)[C@@H](NC(=O)OC)C(C)C)[nH]2)[nH]1)C(C)C. The van der Waals surface area contributed by atoms with E-state index in [0.717, 1.165) is 74.4 Å². The normalized spacial score (nSPS) is 19.4. The summed E-state index contributed by atoms with van der Waals surface area (Å²) < 4.78 is 9.45. The third kappa shape index (κ3) is 8.38. The number of carbonyl (C=O) groups is 4. The van der Waals surface area contributed by atoms with Gasteiger partial charge in [-0.1, -0.05) is 27.7 Å². The minimum atomic E-state index is -0.664. The van der Waals surface area contributed by atoms with Crippen LogP contribution in [0.15, 0.2) is 12.4 Å². The van der Waals surface area contributed by atoms with E-state index in [1.165, 1.54) is 14.2 Å². The summed E-state index contributed by atoms with van der Waals surface area (Å²) in [6.45, 7) is 8.84. The molecular formula is C32H50N8O6. The van der Waals surface area contributed by atoms with Gasteiger partial charge < -0.3 is 39.9 Å². The molecule has 254 valence electrons. The Labute approximate surface area is 270 Å². The van der Waals surface area contributed by atoms with E-state index in [1.807, 2.05) is 49.9 Å². The highest BCUT2D eigenvalue weighted by Gasteiger charge is 2.38. The van der Waals surface area contributed by atoms with Crippen molar-refractivity contribution < 1.29 is 28.7 Å². The number of aromatic amines is 2. The summed E-state index contributed by atoms with van der Waals surface area (Å²) in [5.41, 5.74) is 2.04. The van der Waals surface area contributed by atoms with Crippen molar-refractivity contribution in [3.05, 3.63) is 35.4 Å². The van der Waals surface area contributed by atoms with E-state index in [-0.39, 0.29) is 35.7 Å². The lowest BCUT2D eigenvalue weighted by Crippen LogP contribution is -2.51. The highest BCUT2D eigenvalue weighted by atomic mass is 16.5. The molecular weight excluding hydrogens is 592 g/mol. The van der Waals surface area contributed by atoms with Crippen LogP contribution in [-0.4, -0.2) is 93.1 Å². The maximum atomic E-state index is 13.4. The maximum Gasteiger partial charge on any atom is 0.407 e. The van der Waals surface area contributed by atoms with Crippen molar-refractivity contribution in [2.24, 2.45) is 11.8 Å². The van der Waals surface area contributed by atoms with Crippen LogP contribution in [0.4, 0.5) is 9.59 Å². The number of imidazole rings is 2. The van der Waals surface area contributed by atoms with Crippen LogP contribution in [-0.2, 0) is 31.9 Å². The second kappa shape index (κ2) is 15.9. The number of likely N-dealkylation sites (tertiary alicyclic amines) is 2. The number of amides is 4. The van der Waals surface area contributed by atoms with Crippen molar-refractivity contribution in [2.45, 2.75) is 103 Å².